The van der Waals surface area contributed by atoms with Gasteiger partial charge in [0.15, 0.2) is 0 Å². The number of benzene rings is 2. The molecule has 4 aromatic rings. The molecule has 4 rings (SSSR count). The van der Waals surface area contributed by atoms with E-state index in [0.29, 0.717) is 17.8 Å². The number of nitrogens with zero attached hydrogens (tertiary/aromatic N) is 3. The third-order valence-electron chi connectivity index (χ3n) is 4.48. The predicted octanol–water partition coefficient (Wildman–Crippen LogP) is 3.79. The molecule has 0 saturated carbocycles. The highest BCUT2D eigenvalue weighted by Crippen LogP contribution is 2.39. The largest absolute Gasteiger partial charge is 0.335 e. The SMILES string of the molecule is N#Cc1ccc2c(n1)c1ccccc1n2Cc1ccc(CP(=O)(O)O)cc1. The molecule has 0 atom stereocenters. The highest BCUT2D eigenvalue weighted by molar-refractivity contribution is 7.50. The number of para-hydroxylation sites is 1. The molecule has 2 aromatic heterocycles. The number of fused-ring (bicyclic) bond motifs is 3. The van der Waals surface area contributed by atoms with Gasteiger partial charge in [0.25, 0.3) is 0 Å². The molecule has 0 spiro atoms. The molecule has 0 saturated heterocycles. The fourth-order valence-electron chi connectivity index (χ4n) is 3.31. The molecule has 0 aliphatic carbocycles. The van der Waals surface area contributed by atoms with Crippen LogP contribution in [0.5, 0.6) is 0 Å². The van der Waals surface area contributed by atoms with Gasteiger partial charge in [-0.25, -0.2) is 4.98 Å². The molecule has 0 radical (unpaired) electrons. The van der Waals surface area contributed by atoms with Crippen LogP contribution in [-0.4, -0.2) is 19.3 Å². The molecule has 2 N–H and O–H groups in total. The van der Waals surface area contributed by atoms with Crippen molar-refractivity contribution in [1.29, 1.82) is 5.26 Å². The Labute approximate surface area is 155 Å². The number of aromatic nitrogens is 2. The maximum absolute atomic E-state index is 11.1. The molecule has 7 heteroatoms. The zero-order chi connectivity index (χ0) is 19.0. The van der Waals surface area contributed by atoms with Crippen LogP contribution in [0.3, 0.4) is 0 Å². The molecular formula is C20H16N3O3P. The summed E-state index contributed by atoms with van der Waals surface area (Å²) in [5.41, 5.74) is 4.75. The van der Waals surface area contributed by atoms with Crippen molar-refractivity contribution in [2.45, 2.75) is 12.7 Å². The van der Waals surface area contributed by atoms with E-state index in [0.717, 1.165) is 27.5 Å². The maximum Gasteiger partial charge on any atom is 0.329 e. The predicted molar refractivity (Wildman–Crippen MR) is 103 cm³/mol. The van der Waals surface area contributed by atoms with Crippen LogP contribution in [0.15, 0.2) is 60.7 Å². The Bertz CT molecular complexity index is 1230. The molecule has 0 aliphatic heterocycles. The summed E-state index contributed by atoms with van der Waals surface area (Å²) in [6.07, 6.45) is -0.260. The number of hydrogen-bond acceptors (Lipinski definition) is 3. The first-order chi connectivity index (χ1) is 12.9. The van der Waals surface area contributed by atoms with Crippen molar-refractivity contribution in [2.75, 3.05) is 0 Å². The minimum absolute atomic E-state index is 0.260. The number of hydrogen-bond donors (Lipinski definition) is 2. The second-order valence-electron chi connectivity index (χ2n) is 6.42. The summed E-state index contributed by atoms with van der Waals surface area (Å²) < 4.78 is 13.3. The summed E-state index contributed by atoms with van der Waals surface area (Å²) in [6, 6.07) is 20.9. The van der Waals surface area contributed by atoms with E-state index in [9.17, 15) is 4.57 Å². The maximum atomic E-state index is 11.1. The number of rotatable bonds is 4. The first-order valence-corrected chi connectivity index (χ1v) is 10.1. The van der Waals surface area contributed by atoms with Gasteiger partial charge < -0.3 is 14.4 Å². The zero-order valence-electron chi connectivity index (χ0n) is 14.3. The summed E-state index contributed by atoms with van der Waals surface area (Å²) in [6.45, 7) is 0.591. The van der Waals surface area contributed by atoms with Crippen LogP contribution in [0.1, 0.15) is 16.8 Å². The molecule has 134 valence electrons. The summed E-state index contributed by atoms with van der Waals surface area (Å²) >= 11 is 0. The number of pyridine rings is 1. The minimum atomic E-state index is -4.07. The Balaban J connectivity index is 1.77. The Kier molecular flexibility index (Phi) is 4.29. The van der Waals surface area contributed by atoms with E-state index in [4.69, 9.17) is 15.0 Å². The van der Waals surface area contributed by atoms with Gasteiger partial charge in [0.1, 0.15) is 11.8 Å². The second-order valence-corrected chi connectivity index (χ2v) is 8.06. The van der Waals surface area contributed by atoms with Crippen molar-refractivity contribution >= 4 is 29.5 Å². The van der Waals surface area contributed by atoms with Crippen molar-refractivity contribution in [2.24, 2.45) is 0 Å². The lowest BCUT2D eigenvalue weighted by atomic mass is 10.1. The quantitative estimate of drug-likeness (QED) is 0.527. The van der Waals surface area contributed by atoms with Gasteiger partial charge in [-0.3, -0.25) is 4.57 Å². The van der Waals surface area contributed by atoms with Gasteiger partial charge in [-0.2, -0.15) is 5.26 Å². The molecule has 27 heavy (non-hydrogen) atoms. The Morgan fingerprint density at radius 2 is 1.67 bits per heavy atom. The lowest BCUT2D eigenvalue weighted by molar-refractivity contribution is 0.371. The smallest absolute Gasteiger partial charge is 0.329 e. The molecule has 0 amide bonds. The molecule has 2 aromatic carbocycles. The first kappa shape index (κ1) is 17.4. The van der Waals surface area contributed by atoms with Crippen molar-refractivity contribution in [3.63, 3.8) is 0 Å². The van der Waals surface area contributed by atoms with Crippen LogP contribution in [-0.2, 0) is 17.3 Å². The van der Waals surface area contributed by atoms with E-state index in [1.165, 1.54) is 0 Å². The Hall–Kier alpha value is -2.97. The molecule has 0 aliphatic rings. The average Bonchev–Trinajstić information content (AvgIpc) is 2.95. The first-order valence-electron chi connectivity index (χ1n) is 8.35. The third kappa shape index (κ3) is 3.49. The van der Waals surface area contributed by atoms with E-state index < -0.39 is 7.60 Å². The normalized spacial score (nSPS) is 11.7. The minimum Gasteiger partial charge on any atom is -0.335 e. The van der Waals surface area contributed by atoms with E-state index in [1.54, 1.807) is 18.2 Å². The van der Waals surface area contributed by atoms with Crippen LogP contribution < -0.4 is 0 Å². The fourth-order valence-corrected chi connectivity index (χ4v) is 4.00. The van der Waals surface area contributed by atoms with Crippen molar-refractivity contribution in [3.05, 3.63) is 77.5 Å². The average molecular weight is 377 g/mol. The molecule has 6 nitrogen and oxygen atoms in total. The lowest BCUT2D eigenvalue weighted by Crippen LogP contribution is -2.00. The van der Waals surface area contributed by atoms with Crippen LogP contribution in [0.25, 0.3) is 21.9 Å². The lowest BCUT2D eigenvalue weighted by Gasteiger charge is -2.09. The van der Waals surface area contributed by atoms with Crippen LogP contribution >= 0.6 is 7.60 Å². The van der Waals surface area contributed by atoms with E-state index >= 15 is 0 Å². The van der Waals surface area contributed by atoms with Gasteiger partial charge in [0.2, 0.25) is 0 Å². The summed E-state index contributed by atoms with van der Waals surface area (Å²) in [5.74, 6) is 0. The highest BCUT2D eigenvalue weighted by Gasteiger charge is 2.15. The summed E-state index contributed by atoms with van der Waals surface area (Å²) in [5, 5.41) is 10.1. The molecular weight excluding hydrogens is 361 g/mol. The monoisotopic (exact) mass is 377 g/mol. The van der Waals surface area contributed by atoms with Gasteiger partial charge in [-0.05, 0) is 29.3 Å². The van der Waals surface area contributed by atoms with E-state index in [2.05, 4.69) is 15.6 Å². The van der Waals surface area contributed by atoms with Gasteiger partial charge in [0.05, 0.1) is 22.7 Å². The van der Waals surface area contributed by atoms with Crippen LogP contribution in [0, 0.1) is 11.3 Å². The van der Waals surface area contributed by atoms with Crippen molar-refractivity contribution < 1.29 is 14.4 Å². The van der Waals surface area contributed by atoms with Crippen molar-refractivity contribution in [3.8, 4) is 6.07 Å². The highest BCUT2D eigenvalue weighted by atomic mass is 31.2. The van der Waals surface area contributed by atoms with Crippen molar-refractivity contribution in [1.82, 2.24) is 9.55 Å². The van der Waals surface area contributed by atoms with Gasteiger partial charge in [0, 0.05) is 11.9 Å². The third-order valence-corrected chi connectivity index (χ3v) is 5.26. The summed E-state index contributed by atoms with van der Waals surface area (Å²) in [7, 11) is -4.07. The molecule has 0 unspecified atom stereocenters. The van der Waals surface area contributed by atoms with Gasteiger partial charge in [-0.1, -0.05) is 42.5 Å². The van der Waals surface area contributed by atoms with Crippen LogP contribution in [0.2, 0.25) is 0 Å². The van der Waals surface area contributed by atoms with E-state index in [1.807, 2.05) is 42.5 Å². The standard InChI is InChI=1S/C20H16N3O3P/c21-11-16-9-10-19-20(22-16)17-3-1-2-4-18(17)23(19)12-14-5-7-15(8-6-14)13-27(24,25)26/h1-10H,12-13H2,(H2,24,25,26). The zero-order valence-corrected chi connectivity index (χ0v) is 15.2. The second kappa shape index (κ2) is 6.64. The topological polar surface area (TPSA) is 99.1 Å². The van der Waals surface area contributed by atoms with Gasteiger partial charge >= 0.3 is 7.60 Å². The summed E-state index contributed by atoms with van der Waals surface area (Å²) in [4.78, 5) is 22.7. The fraction of sp³-hybridized carbons (Fsp3) is 0.100. The molecule has 0 fully saturated rings. The molecule has 0 bridgehead atoms. The Morgan fingerprint density at radius 1 is 0.963 bits per heavy atom. The van der Waals surface area contributed by atoms with Crippen LogP contribution in [0.4, 0.5) is 0 Å². The Morgan fingerprint density at radius 3 is 2.37 bits per heavy atom. The van der Waals surface area contributed by atoms with Gasteiger partial charge in [-0.15, -0.1) is 0 Å². The van der Waals surface area contributed by atoms with E-state index in [-0.39, 0.29) is 6.16 Å². The molecule has 2 heterocycles. The number of nitriles is 1.